The molecule has 14 aromatic carbocycles. The molecule has 0 radical (unpaired) electrons. The van der Waals surface area contributed by atoms with Crippen LogP contribution in [0.3, 0.4) is 0 Å². The average molecular weight is 1130 g/mol. The fourth-order valence-electron chi connectivity index (χ4n) is 11.5. The molecule has 0 unspecified atom stereocenters. The molecule has 422 valence electrons. The van der Waals surface area contributed by atoms with Gasteiger partial charge in [0.15, 0.2) is 0 Å². The van der Waals surface area contributed by atoms with Gasteiger partial charge in [-0.1, -0.05) is 243 Å². The van der Waals surface area contributed by atoms with Gasteiger partial charge in [-0.05, 0) is 188 Å². The molecular weight excluding hydrogens is 1060 g/mol. The first kappa shape index (κ1) is 55.7. The van der Waals surface area contributed by atoms with Crippen molar-refractivity contribution in [2.75, 3.05) is 33.7 Å². The second-order valence-corrected chi connectivity index (χ2v) is 21.9. The molecule has 0 fully saturated rings. The number of hydrogen-bond donors (Lipinski definition) is 0. The van der Waals surface area contributed by atoms with Crippen LogP contribution in [-0.2, 0) is 0 Å². The molecule has 4 heteroatoms. The molecule has 0 heterocycles. The second kappa shape index (κ2) is 26.2. The molecule has 0 aromatic heterocycles. The molecule has 0 aliphatic carbocycles. The van der Waals surface area contributed by atoms with Crippen molar-refractivity contribution in [3.63, 3.8) is 0 Å². The van der Waals surface area contributed by atoms with Gasteiger partial charge in [-0.15, -0.1) is 0 Å². The van der Waals surface area contributed by atoms with E-state index in [1.165, 1.54) is 72.1 Å². The average Bonchev–Trinajstić information content (AvgIpc) is 3.36. The Hall–Kier alpha value is -11.5. The smallest absolute Gasteiger partial charge is 0.0467 e. The van der Waals surface area contributed by atoms with Crippen LogP contribution in [0.1, 0.15) is 0 Å². The molecule has 0 N–H and O–H groups in total. The normalized spacial score (nSPS) is 10.8. The lowest BCUT2D eigenvalue weighted by molar-refractivity contribution is 1.21. The summed E-state index contributed by atoms with van der Waals surface area (Å²) < 4.78 is 0. The summed E-state index contributed by atoms with van der Waals surface area (Å²) in [5.74, 6) is 0. The molecule has 88 heavy (non-hydrogen) atoms. The van der Waals surface area contributed by atoms with Crippen molar-refractivity contribution in [2.45, 2.75) is 0 Å². The molecule has 0 aliphatic rings. The van der Waals surface area contributed by atoms with Gasteiger partial charge in [0.05, 0.1) is 0 Å². The fraction of sp³-hybridized carbons (Fsp3) is 0.0238. The maximum atomic E-state index is 2.32. The number of para-hydroxylation sites is 2. The summed E-state index contributed by atoms with van der Waals surface area (Å²) in [5, 5.41) is 2.51. The van der Waals surface area contributed by atoms with Gasteiger partial charge in [0.1, 0.15) is 0 Å². The summed E-state index contributed by atoms with van der Waals surface area (Å²) in [6.45, 7) is 0. The molecular formula is C84H66N4. The van der Waals surface area contributed by atoms with Crippen molar-refractivity contribution < 1.29 is 0 Å². The molecule has 0 saturated heterocycles. The van der Waals surface area contributed by atoms with Gasteiger partial charge in [0.25, 0.3) is 0 Å². The van der Waals surface area contributed by atoms with Crippen molar-refractivity contribution in [1.29, 1.82) is 0 Å². The minimum Gasteiger partial charge on any atom is -0.345 e. The van der Waals surface area contributed by atoms with E-state index in [1.807, 2.05) is 0 Å². The van der Waals surface area contributed by atoms with Crippen molar-refractivity contribution in [2.24, 2.45) is 0 Å². The second-order valence-electron chi connectivity index (χ2n) is 21.9. The predicted octanol–water partition coefficient (Wildman–Crippen LogP) is 23.3. The maximum Gasteiger partial charge on any atom is 0.0467 e. The first-order chi connectivity index (χ1) is 43.5. The van der Waals surface area contributed by atoms with Gasteiger partial charge in [0.2, 0.25) is 0 Å². The van der Waals surface area contributed by atoms with E-state index in [0.29, 0.717) is 0 Å². The van der Waals surface area contributed by atoms with Crippen LogP contribution in [0.4, 0.5) is 56.9 Å². The van der Waals surface area contributed by atoms with Crippen LogP contribution in [0.25, 0.3) is 66.4 Å². The minimum absolute atomic E-state index is 1.12. The fourth-order valence-corrected chi connectivity index (χ4v) is 11.5. The standard InChI is InChI=1S/C43H34N2.C41H32N2/c1-44(39-26-20-35(21-27-39)33-12-5-2-6-13-33)40-28-22-36(23-29-40)37-24-30-42(31-25-37)45(41-17-9-4-10-18-41)43-19-11-16-38(32-43)34-14-7-3-8-15-34;1-42(40-28-23-32-13-8-9-14-35(32)29-40)37-24-19-33(20-25-37)34-21-26-39(27-22-34)43(38-16-6-3-7-17-38)41-18-10-15-36(30-41)31-11-4-2-5-12-31/h2-32H,1H3;2-30H,1H3. The summed E-state index contributed by atoms with van der Waals surface area (Å²) in [6.07, 6.45) is 0. The largest absolute Gasteiger partial charge is 0.345 e. The SMILES string of the molecule is CN(c1ccc(-c2ccc(N(c3ccccc3)c3cccc(-c4ccccc4)c3)cc2)cc1)c1ccc2ccccc2c1.CN(c1ccc(-c2ccccc2)cc1)c1ccc(-c2ccc(N(c3ccccc3)c3cccc(-c4ccccc4)c3)cc2)cc1. The Balaban J connectivity index is 0.000000162. The van der Waals surface area contributed by atoms with Gasteiger partial charge >= 0.3 is 0 Å². The van der Waals surface area contributed by atoms with Gasteiger partial charge in [-0.25, -0.2) is 0 Å². The Labute approximate surface area is 518 Å². The summed E-state index contributed by atoms with van der Waals surface area (Å²) in [4.78, 5) is 9.10. The van der Waals surface area contributed by atoms with Crippen LogP contribution < -0.4 is 19.6 Å². The van der Waals surface area contributed by atoms with E-state index in [9.17, 15) is 0 Å². The molecule has 0 atom stereocenters. The summed E-state index contributed by atoms with van der Waals surface area (Å²) >= 11 is 0. The molecule has 0 aliphatic heterocycles. The van der Waals surface area contributed by atoms with E-state index >= 15 is 0 Å². The summed E-state index contributed by atoms with van der Waals surface area (Å²) in [6, 6.07) is 129. The number of hydrogen-bond acceptors (Lipinski definition) is 4. The van der Waals surface area contributed by atoms with Crippen molar-refractivity contribution in [3.8, 4) is 55.6 Å². The van der Waals surface area contributed by atoms with Crippen LogP contribution in [0.2, 0.25) is 0 Å². The molecule has 0 bridgehead atoms. The topological polar surface area (TPSA) is 13.0 Å². The maximum absolute atomic E-state index is 2.32. The molecule has 4 nitrogen and oxygen atoms in total. The third-order valence-corrected chi connectivity index (χ3v) is 16.4. The minimum atomic E-state index is 1.12. The highest BCUT2D eigenvalue weighted by Crippen LogP contribution is 2.40. The number of nitrogens with zero attached hydrogens (tertiary/aromatic N) is 4. The van der Waals surface area contributed by atoms with Crippen molar-refractivity contribution in [1.82, 2.24) is 0 Å². The number of anilines is 10. The Morgan fingerprint density at radius 2 is 0.386 bits per heavy atom. The van der Waals surface area contributed by atoms with Gasteiger partial charge in [-0.2, -0.15) is 0 Å². The highest BCUT2D eigenvalue weighted by molar-refractivity contribution is 5.88. The third kappa shape index (κ3) is 12.6. The zero-order chi connectivity index (χ0) is 59.4. The lowest BCUT2D eigenvalue weighted by atomic mass is 10.0. The lowest BCUT2D eigenvalue weighted by Crippen LogP contribution is -2.10. The molecule has 0 amide bonds. The van der Waals surface area contributed by atoms with E-state index in [4.69, 9.17) is 0 Å². The van der Waals surface area contributed by atoms with Gasteiger partial charge < -0.3 is 19.6 Å². The van der Waals surface area contributed by atoms with E-state index in [-0.39, 0.29) is 0 Å². The predicted molar refractivity (Wildman–Crippen MR) is 376 cm³/mol. The quantitative estimate of drug-likeness (QED) is 0.101. The summed E-state index contributed by atoms with van der Waals surface area (Å²) in [7, 11) is 4.24. The van der Waals surface area contributed by atoms with E-state index in [0.717, 1.165) is 51.2 Å². The van der Waals surface area contributed by atoms with Gasteiger partial charge in [-0.3, -0.25) is 0 Å². The Kier molecular flexibility index (Phi) is 16.6. The van der Waals surface area contributed by atoms with Crippen molar-refractivity contribution in [3.05, 3.63) is 364 Å². The first-order valence-corrected chi connectivity index (χ1v) is 30.0. The Bertz CT molecular complexity index is 4520. The van der Waals surface area contributed by atoms with Crippen LogP contribution in [0.15, 0.2) is 364 Å². The highest BCUT2D eigenvalue weighted by atomic mass is 15.1. The van der Waals surface area contributed by atoms with E-state index < -0.39 is 0 Å². The zero-order valence-electron chi connectivity index (χ0n) is 49.4. The number of benzene rings is 14. The van der Waals surface area contributed by atoms with E-state index in [2.05, 4.69) is 398 Å². The van der Waals surface area contributed by atoms with Crippen LogP contribution >= 0.6 is 0 Å². The third-order valence-electron chi connectivity index (χ3n) is 16.4. The van der Waals surface area contributed by atoms with Crippen LogP contribution in [0.5, 0.6) is 0 Å². The molecule has 14 aromatic rings. The van der Waals surface area contributed by atoms with Gasteiger partial charge in [0, 0.05) is 71.0 Å². The molecule has 0 spiro atoms. The monoisotopic (exact) mass is 1130 g/mol. The lowest BCUT2D eigenvalue weighted by Gasteiger charge is -2.26. The van der Waals surface area contributed by atoms with E-state index in [1.54, 1.807) is 0 Å². The Morgan fingerprint density at radius 1 is 0.148 bits per heavy atom. The summed E-state index contributed by atoms with van der Waals surface area (Å²) in [5.41, 5.74) is 23.4. The number of rotatable bonds is 15. The van der Waals surface area contributed by atoms with Crippen molar-refractivity contribution >= 4 is 67.6 Å². The molecule has 0 saturated carbocycles. The molecule has 14 rings (SSSR count). The van der Waals surface area contributed by atoms with Crippen LogP contribution in [-0.4, -0.2) is 14.1 Å². The van der Waals surface area contributed by atoms with Crippen LogP contribution in [0, 0.1) is 0 Å². The zero-order valence-corrected chi connectivity index (χ0v) is 49.4. The highest BCUT2D eigenvalue weighted by Gasteiger charge is 2.17. The first-order valence-electron chi connectivity index (χ1n) is 30.0. The number of fused-ring (bicyclic) bond motifs is 1. The Morgan fingerprint density at radius 3 is 0.750 bits per heavy atom.